The number of para-hydroxylation sites is 2. The Morgan fingerprint density at radius 1 is 0.300 bits per heavy atom. The Hall–Kier alpha value is -5.34. The highest BCUT2D eigenvalue weighted by atomic mass is 14.9. The zero-order valence-electron chi connectivity index (χ0n) is 21.4. The average molecular weight is 505 g/mol. The van der Waals surface area contributed by atoms with Gasteiger partial charge in [-0.1, -0.05) is 91.0 Å². The molecule has 0 N–H and O–H groups in total. The van der Waals surface area contributed by atoms with Gasteiger partial charge in [-0.25, -0.2) is 0 Å². The van der Waals surface area contributed by atoms with Crippen molar-refractivity contribution in [3.63, 3.8) is 0 Å². The first-order chi connectivity index (χ1) is 19.9. The Bertz CT molecular complexity index is 2860. The number of hydrogen-bond donors (Lipinski definition) is 0. The number of aromatic nitrogens is 2. The van der Waals surface area contributed by atoms with Gasteiger partial charge in [0, 0.05) is 43.1 Å². The monoisotopic (exact) mass is 504 g/mol. The van der Waals surface area contributed by atoms with Crippen LogP contribution in [0.3, 0.4) is 0 Å². The fourth-order valence-electron chi connectivity index (χ4n) is 8.05. The molecule has 0 aliphatic rings. The third-order valence-electron chi connectivity index (χ3n) is 9.49. The number of nitrogens with zero attached hydrogens (tertiary/aromatic N) is 2. The van der Waals surface area contributed by atoms with E-state index in [1.54, 1.807) is 0 Å². The minimum atomic E-state index is 1.27. The molecule has 0 aliphatic heterocycles. The highest BCUT2D eigenvalue weighted by molar-refractivity contribution is 6.45. The topological polar surface area (TPSA) is 8.82 Å². The van der Waals surface area contributed by atoms with E-state index in [9.17, 15) is 0 Å². The summed E-state index contributed by atoms with van der Waals surface area (Å²) >= 11 is 0. The number of fused-ring (bicyclic) bond motifs is 14. The maximum absolute atomic E-state index is 2.55. The molecule has 0 fully saturated rings. The molecule has 4 aromatic heterocycles. The molecule has 0 bridgehead atoms. The molecule has 0 saturated carbocycles. The normalized spacial score (nSPS) is 13.0. The maximum Gasteiger partial charge on any atom is 0.0634 e. The van der Waals surface area contributed by atoms with Crippen LogP contribution in [0.2, 0.25) is 0 Å². The quantitative estimate of drug-likeness (QED) is 0.143. The molecule has 182 valence electrons. The first-order valence-electron chi connectivity index (χ1n) is 14.0. The fraction of sp³-hybridized carbons (Fsp3) is 0. The van der Waals surface area contributed by atoms with E-state index in [1.165, 1.54) is 97.7 Å². The van der Waals surface area contributed by atoms with Crippen molar-refractivity contribution in [1.82, 2.24) is 8.80 Å². The van der Waals surface area contributed by atoms with Crippen molar-refractivity contribution in [3.8, 4) is 0 Å². The standard InChI is InChI=1S/C38H20N2/c1-2-10-23-20-31-27(19-22(23)9-1)36-34-24-13-3-5-16-28(24)39-30-18-8-12-21-11-7-15-26(32(21)30)35(37(34)39)33-25-14-4-6-17-29(25)40(31)38(33)36/h1-20H. The van der Waals surface area contributed by atoms with Gasteiger partial charge in [0.05, 0.1) is 33.1 Å². The minimum absolute atomic E-state index is 1.27. The lowest BCUT2D eigenvalue weighted by atomic mass is 9.93. The largest absolute Gasteiger partial charge is 0.308 e. The molecule has 11 rings (SSSR count). The zero-order chi connectivity index (χ0) is 25.7. The molecular formula is C38H20N2. The first-order valence-corrected chi connectivity index (χ1v) is 14.0. The lowest BCUT2D eigenvalue weighted by Crippen LogP contribution is -1.93. The van der Waals surface area contributed by atoms with Crippen LogP contribution in [-0.4, -0.2) is 8.80 Å². The highest BCUT2D eigenvalue weighted by Gasteiger charge is 2.27. The molecule has 0 saturated heterocycles. The molecule has 2 nitrogen and oxygen atoms in total. The van der Waals surface area contributed by atoms with Crippen molar-refractivity contribution in [1.29, 1.82) is 0 Å². The van der Waals surface area contributed by atoms with Gasteiger partial charge in [0.25, 0.3) is 0 Å². The van der Waals surface area contributed by atoms with Crippen LogP contribution in [-0.2, 0) is 0 Å². The Morgan fingerprint density at radius 2 is 0.775 bits per heavy atom. The summed E-state index contributed by atoms with van der Waals surface area (Å²) < 4.78 is 5.10. The van der Waals surface area contributed by atoms with Gasteiger partial charge in [-0.3, -0.25) is 0 Å². The van der Waals surface area contributed by atoms with E-state index in [-0.39, 0.29) is 0 Å². The van der Waals surface area contributed by atoms with Gasteiger partial charge < -0.3 is 8.80 Å². The Kier molecular flexibility index (Phi) is 3.17. The van der Waals surface area contributed by atoms with Gasteiger partial charge in [-0.2, -0.15) is 0 Å². The molecule has 11 aromatic rings. The van der Waals surface area contributed by atoms with Gasteiger partial charge >= 0.3 is 0 Å². The molecule has 4 heterocycles. The summed E-state index contributed by atoms with van der Waals surface area (Å²) in [5.41, 5.74) is 7.78. The van der Waals surface area contributed by atoms with Gasteiger partial charge in [-0.15, -0.1) is 0 Å². The molecule has 7 aromatic carbocycles. The van der Waals surface area contributed by atoms with Crippen molar-refractivity contribution in [2.24, 2.45) is 0 Å². The molecule has 0 unspecified atom stereocenters. The molecule has 0 spiro atoms. The van der Waals surface area contributed by atoms with E-state index in [1.807, 2.05) is 0 Å². The van der Waals surface area contributed by atoms with Crippen LogP contribution in [0.4, 0.5) is 0 Å². The Labute approximate surface area is 227 Å². The van der Waals surface area contributed by atoms with E-state index in [0.717, 1.165) is 0 Å². The third-order valence-corrected chi connectivity index (χ3v) is 9.49. The van der Waals surface area contributed by atoms with Crippen LogP contribution in [0, 0.1) is 0 Å². The minimum Gasteiger partial charge on any atom is -0.308 e. The fourth-order valence-corrected chi connectivity index (χ4v) is 8.05. The van der Waals surface area contributed by atoms with Gasteiger partial charge in [0.1, 0.15) is 0 Å². The number of benzene rings is 7. The van der Waals surface area contributed by atoms with Crippen molar-refractivity contribution in [2.75, 3.05) is 0 Å². The van der Waals surface area contributed by atoms with Crippen molar-refractivity contribution in [3.05, 3.63) is 121 Å². The van der Waals surface area contributed by atoms with Crippen molar-refractivity contribution >= 4 is 97.7 Å². The molecule has 0 atom stereocenters. The predicted octanol–water partition coefficient (Wildman–Crippen LogP) is 10.3. The SMILES string of the molecule is c1ccc2cc3c(cc2c1)c1c2c4ccccc4n4c5cccc6cccc(c65)c(c5c6ccccc6n3c51)c24. The number of hydrogen-bond acceptors (Lipinski definition) is 0. The van der Waals surface area contributed by atoms with Gasteiger partial charge in [0.2, 0.25) is 0 Å². The van der Waals surface area contributed by atoms with Crippen LogP contribution in [0.25, 0.3) is 97.7 Å². The second-order valence-electron chi connectivity index (χ2n) is 11.3. The van der Waals surface area contributed by atoms with Crippen molar-refractivity contribution < 1.29 is 0 Å². The average Bonchev–Trinajstić information content (AvgIpc) is 3.64. The van der Waals surface area contributed by atoms with E-state index >= 15 is 0 Å². The zero-order valence-corrected chi connectivity index (χ0v) is 21.4. The summed E-state index contributed by atoms with van der Waals surface area (Å²) in [4.78, 5) is 0. The Morgan fingerprint density at radius 3 is 1.50 bits per heavy atom. The van der Waals surface area contributed by atoms with E-state index < -0.39 is 0 Å². The molecule has 2 heteroatoms. The lowest BCUT2D eigenvalue weighted by molar-refractivity contribution is 1.35. The smallest absolute Gasteiger partial charge is 0.0634 e. The van der Waals surface area contributed by atoms with Crippen LogP contribution in [0.1, 0.15) is 0 Å². The number of pyridine rings is 1. The molecule has 0 radical (unpaired) electrons. The summed E-state index contributed by atoms with van der Waals surface area (Å²) in [5.74, 6) is 0. The molecular weight excluding hydrogens is 484 g/mol. The lowest BCUT2D eigenvalue weighted by Gasteiger charge is -2.14. The third kappa shape index (κ3) is 2.01. The first kappa shape index (κ1) is 19.7. The highest BCUT2D eigenvalue weighted by Crippen LogP contribution is 2.51. The predicted molar refractivity (Wildman–Crippen MR) is 171 cm³/mol. The van der Waals surface area contributed by atoms with E-state index in [4.69, 9.17) is 0 Å². The van der Waals surface area contributed by atoms with E-state index in [2.05, 4.69) is 130 Å². The van der Waals surface area contributed by atoms with Crippen LogP contribution < -0.4 is 0 Å². The van der Waals surface area contributed by atoms with Crippen LogP contribution in [0.5, 0.6) is 0 Å². The second-order valence-corrected chi connectivity index (χ2v) is 11.3. The summed E-state index contributed by atoms with van der Waals surface area (Å²) in [6, 6.07) is 45.2. The van der Waals surface area contributed by atoms with E-state index in [0.29, 0.717) is 0 Å². The van der Waals surface area contributed by atoms with Crippen LogP contribution >= 0.6 is 0 Å². The van der Waals surface area contributed by atoms with Crippen molar-refractivity contribution in [2.45, 2.75) is 0 Å². The van der Waals surface area contributed by atoms with Gasteiger partial charge in [-0.05, 0) is 51.9 Å². The summed E-state index contributed by atoms with van der Waals surface area (Å²) in [6.07, 6.45) is 0. The van der Waals surface area contributed by atoms with Gasteiger partial charge in [0.15, 0.2) is 0 Å². The van der Waals surface area contributed by atoms with Crippen LogP contribution in [0.15, 0.2) is 121 Å². The summed E-state index contributed by atoms with van der Waals surface area (Å²) in [7, 11) is 0. The Balaban J connectivity index is 1.64. The number of rotatable bonds is 0. The maximum atomic E-state index is 2.55. The second kappa shape index (κ2) is 6.44. The summed E-state index contributed by atoms with van der Waals surface area (Å²) in [5, 5.41) is 16.0. The molecule has 0 amide bonds. The molecule has 0 aliphatic carbocycles. The molecule has 40 heavy (non-hydrogen) atoms. The summed E-state index contributed by atoms with van der Waals surface area (Å²) in [6.45, 7) is 0.